The van der Waals surface area contributed by atoms with Crippen LogP contribution in [0.5, 0.6) is 0 Å². The molecule has 1 atom stereocenters. The van der Waals surface area contributed by atoms with Gasteiger partial charge in [0.25, 0.3) is 0 Å². The van der Waals surface area contributed by atoms with E-state index in [4.69, 9.17) is 0 Å². The summed E-state index contributed by atoms with van der Waals surface area (Å²) in [5, 5.41) is 18.9. The van der Waals surface area contributed by atoms with Crippen molar-refractivity contribution >= 4 is 5.69 Å². The molecule has 0 aliphatic rings. The third kappa shape index (κ3) is 4.48. The van der Waals surface area contributed by atoms with Gasteiger partial charge in [-0.1, -0.05) is 56.3 Å². The topological polar surface area (TPSA) is 67.9 Å². The molecule has 5 heteroatoms. The van der Waals surface area contributed by atoms with Crippen LogP contribution < -0.4 is 0 Å². The predicted octanol–water partition coefficient (Wildman–Crippen LogP) is 5.09. The molecule has 2 rings (SSSR count). The summed E-state index contributed by atoms with van der Waals surface area (Å²) >= 11 is 0. The molecule has 2 aromatic carbocycles. The summed E-state index contributed by atoms with van der Waals surface area (Å²) in [6, 6.07) is 17.4. The first-order valence-electron chi connectivity index (χ1n) is 7.26. The number of rotatable bonds is 6. The van der Waals surface area contributed by atoms with E-state index in [-0.39, 0.29) is 10.8 Å². The largest absolute Gasteiger partial charge is 0.321 e. The zero-order valence-electron chi connectivity index (χ0n) is 12.7. The molecule has 0 spiro atoms. The van der Waals surface area contributed by atoms with Crippen LogP contribution in [0.25, 0.3) is 11.1 Å². The molecule has 0 heterocycles. The van der Waals surface area contributed by atoms with Crippen LogP contribution in [-0.4, -0.2) is 11.1 Å². The van der Waals surface area contributed by atoms with E-state index in [0.29, 0.717) is 12.1 Å². The Labute approximate surface area is 129 Å². The molecule has 0 aromatic heterocycles. The fraction of sp³-hybridized carbons (Fsp3) is 0.294. The number of nitro groups is 1. The number of hydrogen-bond donors (Lipinski definition) is 0. The third-order valence-electron chi connectivity index (χ3n) is 3.19. The van der Waals surface area contributed by atoms with E-state index in [1.54, 1.807) is 6.07 Å². The van der Waals surface area contributed by atoms with Gasteiger partial charge in [0.2, 0.25) is 0 Å². The molecule has 114 valence electrons. The molecule has 0 aliphatic carbocycles. The molecule has 0 N–H and O–H groups in total. The summed E-state index contributed by atoms with van der Waals surface area (Å²) in [5.41, 5.74) is 2.71. The zero-order chi connectivity index (χ0) is 15.9. The molecule has 0 aliphatic heterocycles. The van der Waals surface area contributed by atoms with Crippen LogP contribution in [0.4, 0.5) is 5.69 Å². The lowest BCUT2D eigenvalue weighted by Gasteiger charge is -2.06. The summed E-state index contributed by atoms with van der Waals surface area (Å²) in [6.45, 7) is 3.87. The quantitative estimate of drug-likeness (QED) is 0.423. The van der Waals surface area contributed by atoms with E-state index in [1.165, 1.54) is 0 Å². The summed E-state index contributed by atoms with van der Waals surface area (Å²) in [5.74, 6) is 0.199. The summed E-state index contributed by atoms with van der Waals surface area (Å²) in [7, 11) is 0. The van der Waals surface area contributed by atoms with Gasteiger partial charge < -0.3 is 0 Å². The van der Waals surface area contributed by atoms with Gasteiger partial charge in [0.05, 0.1) is 5.69 Å². The average molecular weight is 297 g/mol. The van der Waals surface area contributed by atoms with E-state index in [9.17, 15) is 10.1 Å². The highest BCUT2D eigenvalue weighted by Crippen LogP contribution is 2.24. The predicted molar refractivity (Wildman–Crippen MR) is 86.6 cm³/mol. The Morgan fingerprint density at radius 2 is 1.73 bits per heavy atom. The van der Waals surface area contributed by atoms with Crippen LogP contribution in [0.2, 0.25) is 0 Å². The van der Waals surface area contributed by atoms with Gasteiger partial charge in [-0.25, -0.2) is 0 Å². The standard InChI is InChI=1S/C17H19N3O2/c1-13(2)11-17(20(21)22)19-18-16-10-6-9-15(12-16)14-7-4-3-5-8-14/h3-10,12-13,17H,11H2,1-2H3. The van der Waals surface area contributed by atoms with Crippen LogP contribution in [-0.2, 0) is 0 Å². The highest BCUT2D eigenvalue weighted by molar-refractivity contribution is 5.66. The van der Waals surface area contributed by atoms with E-state index in [1.807, 2.05) is 62.4 Å². The average Bonchev–Trinajstić information content (AvgIpc) is 2.52. The molecule has 0 fully saturated rings. The number of nitrogens with zero attached hydrogens (tertiary/aromatic N) is 3. The van der Waals surface area contributed by atoms with Crippen molar-refractivity contribution in [2.45, 2.75) is 26.4 Å². The lowest BCUT2D eigenvalue weighted by molar-refractivity contribution is -0.523. The van der Waals surface area contributed by atoms with Gasteiger partial charge in [-0.2, -0.15) is 0 Å². The van der Waals surface area contributed by atoms with Crippen LogP contribution in [0.1, 0.15) is 20.3 Å². The van der Waals surface area contributed by atoms with Crippen molar-refractivity contribution in [1.82, 2.24) is 0 Å². The lowest BCUT2D eigenvalue weighted by atomic mass is 10.1. The Morgan fingerprint density at radius 3 is 2.36 bits per heavy atom. The van der Waals surface area contributed by atoms with Gasteiger partial charge in [0.15, 0.2) is 0 Å². The monoisotopic (exact) mass is 297 g/mol. The minimum atomic E-state index is -0.986. The third-order valence-corrected chi connectivity index (χ3v) is 3.19. The van der Waals surface area contributed by atoms with E-state index in [0.717, 1.165) is 11.1 Å². The fourth-order valence-corrected chi connectivity index (χ4v) is 2.11. The van der Waals surface area contributed by atoms with Crippen molar-refractivity contribution in [2.24, 2.45) is 16.1 Å². The minimum absolute atomic E-state index is 0.199. The first kappa shape index (κ1) is 15.8. The molecule has 0 radical (unpaired) electrons. The summed E-state index contributed by atoms with van der Waals surface area (Å²) in [6.07, 6.45) is -0.602. The van der Waals surface area contributed by atoms with Gasteiger partial charge in [-0.05, 0) is 29.2 Å². The van der Waals surface area contributed by atoms with Crippen molar-refractivity contribution in [3.8, 4) is 11.1 Å². The summed E-state index contributed by atoms with van der Waals surface area (Å²) in [4.78, 5) is 10.6. The Hall–Kier alpha value is -2.56. The van der Waals surface area contributed by atoms with Crippen molar-refractivity contribution in [2.75, 3.05) is 0 Å². The fourth-order valence-electron chi connectivity index (χ4n) is 2.11. The Bertz CT molecular complexity index is 654. The molecule has 0 amide bonds. The lowest BCUT2D eigenvalue weighted by Crippen LogP contribution is -2.18. The van der Waals surface area contributed by atoms with Crippen molar-refractivity contribution in [3.05, 3.63) is 64.7 Å². The number of hydrogen-bond acceptors (Lipinski definition) is 4. The van der Waals surface area contributed by atoms with Gasteiger partial charge >= 0.3 is 6.17 Å². The molecule has 2 aromatic rings. The van der Waals surface area contributed by atoms with E-state index >= 15 is 0 Å². The molecule has 22 heavy (non-hydrogen) atoms. The molecule has 0 saturated heterocycles. The molecule has 5 nitrogen and oxygen atoms in total. The second-order valence-electron chi connectivity index (χ2n) is 5.53. The highest BCUT2D eigenvalue weighted by Gasteiger charge is 2.20. The number of benzene rings is 2. The number of azo groups is 1. The van der Waals surface area contributed by atoms with Crippen LogP contribution in [0.15, 0.2) is 64.8 Å². The van der Waals surface area contributed by atoms with E-state index < -0.39 is 6.17 Å². The maximum atomic E-state index is 11.0. The van der Waals surface area contributed by atoms with Gasteiger partial charge in [-0.15, -0.1) is 10.2 Å². The maximum absolute atomic E-state index is 11.0. The van der Waals surface area contributed by atoms with Crippen LogP contribution >= 0.6 is 0 Å². The molecule has 0 saturated carbocycles. The highest BCUT2D eigenvalue weighted by atomic mass is 16.6. The zero-order valence-corrected chi connectivity index (χ0v) is 12.7. The van der Waals surface area contributed by atoms with Crippen molar-refractivity contribution in [1.29, 1.82) is 0 Å². The Balaban J connectivity index is 2.19. The van der Waals surface area contributed by atoms with Gasteiger partial charge in [-0.3, -0.25) is 10.1 Å². The molecule has 1 unspecified atom stereocenters. The summed E-state index contributed by atoms with van der Waals surface area (Å²) < 4.78 is 0. The maximum Gasteiger partial charge on any atom is 0.321 e. The Morgan fingerprint density at radius 1 is 1.05 bits per heavy atom. The SMILES string of the molecule is CC(C)CC(N=Nc1cccc(-c2ccccc2)c1)[N+](=O)[O-]. The minimum Gasteiger partial charge on any atom is -0.262 e. The molecule has 0 bridgehead atoms. The normalized spacial score (nSPS) is 12.7. The first-order valence-corrected chi connectivity index (χ1v) is 7.26. The first-order chi connectivity index (χ1) is 10.6. The van der Waals surface area contributed by atoms with Crippen LogP contribution in [0, 0.1) is 16.0 Å². The van der Waals surface area contributed by atoms with Crippen molar-refractivity contribution < 1.29 is 4.92 Å². The second kappa shape index (κ2) is 7.45. The van der Waals surface area contributed by atoms with Crippen LogP contribution in [0.3, 0.4) is 0 Å². The smallest absolute Gasteiger partial charge is 0.262 e. The Kier molecular flexibility index (Phi) is 5.36. The van der Waals surface area contributed by atoms with Crippen molar-refractivity contribution in [3.63, 3.8) is 0 Å². The van der Waals surface area contributed by atoms with Gasteiger partial charge in [0.1, 0.15) is 0 Å². The van der Waals surface area contributed by atoms with Gasteiger partial charge in [0, 0.05) is 11.3 Å². The second-order valence-corrected chi connectivity index (χ2v) is 5.53. The molecular formula is C17H19N3O2. The van der Waals surface area contributed by atoms with E-state index in [2.05, 4.69) is 10.2 Å². The molecular weight excluding hydrogens is 278 g/mol.